The van der Waals surface area contributed by atoms with Crippen molar-refractivity contribution >= 4 is 5.91 Å². The molecule has 3 unspecified atom stereocenters. The highest BCUT2D eigenvalue weighted by molar-refractivity contribution is 5.79. The second-order valence-corrected chi connectivity index (χ2v) is 4.99. The lowest BCUT2D eigenvalue weighted by Crippen LogP contribution is -2.43. The summed E-state index contributed by atoms with van der Waals surface area (Å²) in [5.74, 6) is 0.964. The Balaban J connectivity index is 2.38. The molecule has 1 aliphatic carbocycles. The van der Waals surface area contributed by atoms with Gasteiger partial charge in [-0.05, 0) is 25.2 Å². The van der Waals surface area contributed by atoms with Crippen LogP contribution in [0.5, 0.6) is 0 Å². The fourth-order valence-electron chi connectivity index (χ4n) is 2.57. The first-order valence-electron chi connectivity index (χ1n) is 6.71. The molecule has 16 heavy (non-hydrogen) atoms. The van der Waals surface area contributed by atoms with Crippen LogP contribution in [0.25, 0.3) is 0 Å². The van der Waals surface area contributed by atoms with E-state index in [2.05, 4.69) is 12.2 Å². The zero-order chi connectivity index (χ0) is 12.0. The summed E-state index contributed by atoms with van der Waals surface area (Å²) < 4.78 is 0. The molecule has 0 heterocycles. The maximum absolute atomic E-state index is 11.9. The quantitative estimate of drug-likeness (QED) is 0.754. The number of carbonyl (C=O) groups is 1. The molecule has 1 aliphatic rings. The van der Waals surface area contributed by atoms with Crippen molar-refractivity contribution in [3.05, 3.63) is 0 Å². The van der Waals surface area contributed by atoms with Crippen molar-refractivity contribution in [1.29, 1.82) is 0 Å². The molecule has 3 N–H and O–H groups in total. The molecule has 0 aromatic rings. The summed E-state index contributed by atoms with van der Waals surface area (Å²) in [5.41, 5.74) is 5.58. The third-order valence-corrected chi connectivity index (χ3v) is 3.85. The molecule has 1 amide bonds. The molecular formula is C13H26N2O. The highest BCUT2D eigenvalue weighted by Crippen LogP contribution is 2.26. The van der Waals surface area contributed by atoms with E-state index in [9.17, 15) is 4.79 Å². The Bertz CT molecular complexity index is 214. The zero-order valence-electron chi connectivity index (χ0n) is 10.7. The third-order valence-electron chi connectivity index (χ3n) is 3.85. The highest BCUT2D eigenvalue weighted by Gasteiger charge is 2.24. The van der Waals surface area contributed by atoms with Crippen molar-refractivity contribution in [2.75, 3.05) is 6.54 Å². The van der Waals surface area contributed by atoms with Crippen LogP contribution < -0.4 is 11.1 Å². The van der Waals surface area contributed by atoms with Gasteiger partial charge in [-0.1, -0.05) is 33.1 Å². The summed E-state index contributed by atoms with van der Waals surface area (Å²) >= 11 is 0. The van der Waals surface area contributed by atoms with Crippen LogP contribution in [0, 0.1) is 11.8 Å². The van der Waals surface area contributed by atoms with Crippen LogP contribution in [0.1, 0.15) is 52.4 Å². The van der Waals surface area contributed by atoms with Gasteiger partial charge in [0.1, 0.15) is 0 Å². The normalized spacial score (nSPS) is 27.4. The average molecular weight is 226 g/mol. The fourth-order valence-corrected chi connectivity index (χ4v) is 2.57. The second kappa shape index (κ2) is 6.89. The maximum Gasteiger partial charge on any atom is 0.224 e. The molecule has 0 saturated heterocycles. The van der Waals surface area contributed by atoms with Gasteiger partial charge in [0.15, 0.2) is 0 Å². The Morgan fingerprint density at radius 1 is 1.44 bits per heavy atom. The fraction of sp³-hybridized carbons (Fsp3) is 0.923. The topological polar surface area (TPSA) is 55.1 Å². The van der Waals surface area contributed by atoms with Crippen molar-refractivity contribution in [3.8, 4) is 0 Å². The van der Waals surface area contributed by atoms with Crippen molar-refractivity contribution < 1.29 is 4.79 Å². The molecule has 0 aromatic carbocycles. The van der Waals surface area contributed by atoms with Crippen LogP contribution >= 0.6 is 0 Å². The van der Waals surface area contributed by atoms with E-state index < -0.39 is 0 Å². The second-order valence-electron chi connectivity index (χ2n) is 4.99. The molecule has 1 rings (SSSR count). The minimum absolute atomic E-state index is 0.00185. The molecule has 0 bridgehead atoms. The van der Waals surface area contributed by atoms with E-state index in [4.69, 9.17) is 5.73 Å². The minimum atomic E-state index is 0.00185. The van der Waals surface area contributed by atoms with Crippen LogP contribution in [-0.2, 0) is 4.79 Å². The highest BCUT2D eigenvalue weighted by atomic mass is 16.1. The standard InChI is InChI=1S/C13H26N2O/c1-3-10-6-5-7-12(8-10)15-13(16)11(4-2)9-14/h10-12H,3-9,14H2,1-2H3,(H,15,16). The Morgan fingerprint density at radius 2 is 2.19 bits per heavy atom. The Hall–Kier alpha value is -0.570. The van der Waals surface area contributed by atoms with E-state index in [1.807, 2.05) is 6.92 Å². The van der Waals surface area contributed by atoms with Crippen molar-refractivity contribution in [3.63, 3.8) is 0 Å². The summed E-state index contributed by atoms with van der Waals surface area (Å²) in [7, 11) is 0. The lowest BCUT2D eigenvalue weighted by atomic mass is 9.84. The Morgan fingerprint density at radius 3 is 2.75 bits per heavy atom. The number of nitrogens with two attached hydrogens (primary N) is 1. The molecule has 3 nitrogen and oxygen atoms in total. The van der Waals surface area contributed by atoms with Crippen molar-refractivity contribution in [1.82, 2.24) is 5.32 Å². The number of amides is 1. The van der Waals surface area contributed by atoms with Gasteiger partial charge in [-0.3, -0.25) is 4.79 Å². The lowest BCUT2D eigenvalue weighted by molar-refractivity contribution is -0.125. The number of nitrogens with one attached hydrogen (secondary N) is 1. The smallest absolute Gasteiger partial charge is 0.224 e. The van der Waals surface area contributed by atoms with Crippen molar-refractivity contribution in [2.45, 2.75) is 58.4 Å². The van der Waals surface area contributed by atoms with E-state index in [1.165, 1.54) is 19.3 Å². The monoisotopic (exact) mass is 226 g/mol. The van der Waals surface area contributed by atoms with Gasteiger partial charge in [-0.25, -0.2) is 0 Å². The van der Waals surface area contributed by atoms with Gasteiger partial charge in [0.05, 0.1) is 0 Å². The molecule has 94 valence electrons. The zero-order valence-corrected chi connectivity index (χ0v) is 10.7. The van der Waals surface area contributed by atoms with Crippen LogP contribution in [0.2, 0.25) is 0 Å². The largest absolute Gasteiger partial charge is 0.353 e. The van der Waals surface area contributed by atoms with Gasteiger partial charge in [0.2, 0.25) is 5.91 Å². The van der Waals surface area contributed by atoms with Gasteiger partial charge in [0, 0.05) is 18.5 Å². The predicted octanol–water partition coefficient (Wildman–Crippen LogP) is 2.06. The summed E-state index contributed by atoms with van der Waals surface area (Å²) in [4.78, 5) is 11.9. The lowest BCUT2D eigenvalue weighted by Gasteiger charge is -2.30. The first kappa shape index (κ1) is 13.5. The van der Waals surface area contributed by atoms with Gasteiger partial charge in [0.25, 0.3) is 0 Å². The molecule has 1 saturated carbocycles. The molecule has 3 atom stereocenters. The van der Waals surface area contributed by atoms with Gasteiger partial charge in [-0.15, -0.1) is 0 Å². The molecule has 3 heteroatoms. The van der Waals surface area contributed by atoms with Gasteiger partial charge < -0.3 is 11.1 Å². The summed E-state index contributed by atoms with van der Waals surface area (Å²) in [6.45, 7) is 4.72. The predicted molar refractivity (Wildman–Crippen MR) is 67.0 cm³/mol. The maximum atomic E-state index is 11.9. The number of hydrogen-bond acceptors (Lipinski definition) is 2. The molecule has 0 spiro atoms. The van der Waals surface area contributed by atoms with E-state index in [-0.39, 0.29) is 11.8 Å². The Kier molecular flexibility index (Phi) is 5.81. The van der Waals surface area contributed by atoms with Crippen LogP contribution in [-0.4, -0.2) is 18.5 Å². The van der Waals surface area contributed by atoms with E-state index in [0.29, 0.717) is 12.6 Å². The third kappa shape index (κ3) is 3.78. The minimum Gasteiger partial charge on any atom is -0.353 e. The van der Waals surface area contributed by atoms with Gasteiger partial charge >= 0.3 is 0 Å². The van der Waals surface area contributed by atoms with E-state index in [1.54, 1.807) is 0 Å². The number of carbonyl (C=O) groups excluding carboxylic acids is 1. The van der Waals surface area contributed by atoms with Crippen LogP contribution in [0.3, 0.4) is 0 Å². The average Bonchev–Trinajstić information content (AvgIpc) is 2.31. The summed E-state index contributed by atoms with van der Waals surface area (Å²) in [6, 6.07) is 0.395. The molecule has 0 aromatic heterocycles. The number of hydrogen-bond donors (Lipinski definition) is 2. The summed E-state index contributed by atoms with van der Waals surface area (Å²) in [5, 5.41) is 3.17. The van der Waals surface area contributed by atoms with Crippen LogP contribution in [0.15, 0.2) is 0 Å². The molecule has 0 radical (unpaired) electrons. The first-order chi connectivity index (χ1) is 7.71. The molecule has 0 aliphatic heterocycles. The van der Waals surface area contributed by atoms with E-state index in [0.717, 1.165) is 25.2 Å². The molecular weight excluding hydrogens is 200 g/mol. The summed E-state index contributed by atoms with van der Waals surface area (Å²) in [6.07, 6.45) is 6.96. The van der Waals surface area contributed by atoms with Crippen molar-refractivity contribution in [2.24, 2.45) is 17.6 Å². The van der Waals surface area contributed by atoms with Crippen LogP contribution in [0.4, 0.5) is 0 Å². The Labute approximate surface area is 99.2 Å². The SMILES string of the molecule is CCC1CCCC(NC(=O)C(CC)CN)C1. The van der Waals surface area contributed by atoms with E-state index >= 15 is 0 Å². The van der Waals surface area contributed by atoms with Gasteiger partial charge in [-0.2, -0.15) is 0 Å². The first-order valence-corrected chi connectivity index (χ1v) is 6.71. The number of rotatable bonds is 5. The molecule has 1 fully saturated rings.